The molecule has 0 saturated carbocycles. The second-order valence-corrected chi connectivity index (χ2v) is 6.23. The third kappa shape index (κ3) is 3.97. The van der Waals surface area contributed by atoms with E-state index in [0.717, 1.165) is 22.5 Å². The molecule has 1 amide bonds. The molecule has 26 heavy (non-hydrogen) atoms. The maximum absolute atomic E-state index is 11.1. The van der Waals surface area contributed by atoms with E-state index in [1.54, 1.807) is 4.68 Å². The average Bonchev–Trinajstić information content (AvgIpc) is 3.10. The fraction of sp³-hybridized carbons (Fsp3) is 0.333. The van der Waals surface area contributed by atoms with Gasteiger partial charge >= 0.3 is 0 Å². The van der Waals surface area contributed by atoms with Crippen molar-refractivity contribution in [3.05, 3.63) is 53.1 Å². The lowest BCUT2D eigenvalue weighted by molar-refractivity contribution is -0.117. The van der Waals surface area contributed by atoms with Gasteiger partial charge in [0.2, 0.25) is 5.91 Å². The summed E-state index contributed by atoms with van der Waals surface area (Å²) < 4.78 is 3.55. The van der Waals surface area contributed by atoms with Gasteiger partial charge in [-0.15, -0.1) is 0 Å². The van der Waals surface area contributed by atoms with E-state index in [2.05, 4.69) is 15.2 Å². The highest BCUT2D eigenvalue weighted by molar-refractivity contribution is 5.75. The lowest BCUT2D eigenvalue weighted by atomic mass is 10.1. The molecule has 0 unspecified atom stereocenters. The van der Waals surface area contributed by atoms with Crippen LogP contribution in [0.25, 0.3) is 11.4 Å². The molecule has 0 radical (unpaired) electrons. The van der Waals surface area contributed by atoms with E-state index >= 15 is 0 Å². The number of hydrogen-bond acceptors (Lipinski definition) is 5. The number of carbonyl (C=O) groups is 1. The van der Waals surface area contributed by atoms with Crippen LogP contribution in [0.15, 0.2) is 30.3 Å². The Morgan fingerprint density at radius 3 is 2.65 bits per heavy atom. The average molecular weight is 354 g/mol. The van der Waals surface area contributed by atoms with Gasteiger partial charge in [-0.1, -0.05) is 18.2 Å². The van der Waals surface area contributed by atoms with Gasteiger partial charge in [0, 0.05) is 11.3 Å². The summed E-state index contributed by atoms with van der Waals surface area (Å²) >= 11 is 0. The topological polar surface area (TPSA) is 112 Å². The van der Waals surface area contributed by atoms with Crippen LogP contribution in [0.5, 0.6) is 0 Å². The SMILES string of the molecule is Cc1cc(C)n(Cc2cccc(-c3nc(CC(N)=O)nn3CCO)c2)n1. The number of benzene rings is 1. The van der Waals surface area contributed by atoms with Gasteiger partial charge in [0.15, 0.2) is 11.6 Å². The van der Waals surface area contributed by atoms with Crippen LogP contribution in [0, 0.1) is 13.8 Å². The van der Waals surface area contributed by atoms with E-state index < -0.39 is 5.91 Å². The van der Waals surface area contributed by atoms with Crippen molar-refractivity contribution >= 4 is 5.91 Å². The lowest BCUT2D eigenvalue weighted by Crippen LogP contribution is -2.15. The Balaban J connectivity index is 1.93. The monoisotopic (exact) mass is 354 g/mol. The van der Waals surface area contributed by atoms with Crippen molar-refractivity contribution in [2.45, 2.75) is 33.4 Å². The fourth-order valence-corrected chi connectivity index (χ4v) is 2.90. The maximum atomic E-state index is 11.1. The maximum Gasteiger partial charge on any atom is 0.225 e. The largest absolute Gasteiger partial charge is 0.394 e. The van der Waals surface area contributed by atoms with E-state index in [1.165, 1.54) is 0 Å². The number of nitrogens with two attached hydrogens (primary N) is 1. The molecular formula is C18H22N6O2. The molecule has 2 aromatic heterocycles. The summed E-state index contributed by atoms with van der Waals surface area (Å²) in [4.78, 5) is 15.6. The first kappa shape index (κ1) is 17.8. The van der Waals surface area contributed by atoms with Gasteiger partial charge in [0.1, 0.15) is 0 Å². The van der Waals surface area contributed by atoms with Gasteiger partial charge in [-0.3, -0.25) is 9.48 Å². The van der Waals surface area contributed by atoms with Gasteiger partial charge < -0.3 is 10.8 Å². The second kappa shape index (κ2) is 7.49. The van der Waals surface area contributed by atoms with Crippen LogP contribution in [-0.2, 0) is 24.3 Å². The molecule has 0 saturated heterocycles. The number of hydrogen-bond donors (Lipinski definition) is 2. The number of amides is 1. The van der Waals surface area contributed by atoms with Gasteiger partial charge in [0.25, 0.3) is 0 Å². The van der Waals surface area contributed by atoms with Gasteiger partial charge in [-0.25, -0.2) is 9.67 Å². The van der Waals surface area contributed by atoms with Crippen molar-refractivity contribution in [2.24, 2.45) is 5.73 Å². The van der Waals surface area contributed by atoms with Crippen LogP contribution in [0.2, 0.25) is 0 Å². The molecule has 8 nitrogen and oxygen atoms in total. The summed E-state index contributed by atoms with van der Waals surface area (Å²) in [7, 11) is 0. The van der Waals surface area contributed by atoms with E-state index in [0.29, 0.717) is 24.7 Å². The number of nitrogens with zero attached hydrogens (tertiary/aromatic N) is 5. The van der Waals surface area contributed by atoms with Crippen molar-refractivity contribution in [3.63, 3.8) is 0 Å². The van der Waals surface area contributed by atoms with E-state index in [4.69, 9.17) is 5.73 Å². The second-order valence-electron chi connectivity index (χ2n) is 6.23. The number of rotatable bonds is 7. The van der Waals surface area contributed by atoms with Crippen LogP contribution < -0.4 is 5.73 Å². The van der Waals surface area contributed by atoms with E-state index in [9.17, 15) is 9.90 Å². The van der Waals surface area contributed by atoms with Crippen molar-refractivity contribution in [1.29, 1.82) is 0 Å². The van der Waals surface area contributed by atoms with Gasteiger partial charge in [0.05, 0.1) is 31.8 Å². The minimum Gasteiger partial charge on any atom is -0.394 e. The summed E-state index contributed by atoms with van der Waals surface area (Å²) in [5.74, 6) is 0.464. The Bertz CT molecular complexity index is 928. The summed E-state index contributed by atoms with van der Waals surface area (Å²) in [5, 5.41) is 18.0. The molecule has 136 valence electrons. The van der Waals surface area contributed by atoms with Crippen LogP contribution in [0.4, 0.5) is 0 Å². The highest BCUT2D eigenvalue weighted by atomic mass is 16.3. The van der Waals surface area contributed by atoms with Crippen molar-refractivity contribution in [2.75, 3.05) is 6.61 Å². The van der Waals surface area contributed by atoms with Crippen molar-refractivity contribution in [1.82, 2.24) is 24.5 Å². The summed E-state index contributed by atoms with van der Waals surface area (Å²) in [6.45, 7) is 4.87. The van der Waals surface area contributed by atoms with Gasteiger partial charge in [-0.2, -0.15) is 10.2 Å². The van der Waals surface area contributed by atoms with Crippen LogP contribution >= 0.6 is 0 Å². The molecule has 0 fully saturated rings. The number of aliphatic hydroxyl groups is 1. The van der Waals surface area contributed by atoms with Crippen LogP contribution in [-0.4, -0.2) is 42.2 Å². The number of aryl methyl sites for hydroxylation is 2. The molecule has 0 bridgehead atoms. The highest BCUT2D eigenvalue weighted by Gasteiger charge is 2.14. The number of primary amides is 1. The normalized spacial score (nSPS) is 11.0. The smallest absolute Gasteiger partial charge is 0.225 e. The third-order valence-corrected chi connectivity index (χ3v) is 3.98. The number of aromatic nitrogens is 5. The first-order chi connectivity index (χ1) is 12.5. The Labute approximate surface area is 151 Å². The standard InChI is InChI=1S/C18H22N6O2/c1-12-8-13(2)24(21-12)11-14-4-3-5-15(9-14)18-20-17(10-16(19)26)22-23(18)6-7-25/h3-5,8-9,25H,6-7,10-11H2,1-2H3,(H2,19,26). The zero-order chi connectivity index (χ0) is 18.7. The predicted octanol–water partition coefficient (Wildman–Crippen LogP) is 0.827. The molecule has 0 spiro atoms. The molecule has 1 aromatic carbocycles. The summed E-state index contributed by atoms with van der Waals surface area (Å²) in [5.41, 5.74) is 9.25. The van der Waals surface area contributed by atoms with E-state index in [-0.39, 0.29) is 13.0 Å². The first-order valence-electron chi connectivity index (χ1n) is 8.39. The first-order valence-corrected chi connectivity index (χ1v) is 8.39. The molecule has 0 aliphatic heterocycles. The third-order valence-electron chi connectivity index (χ3n) is 3.98. The van der Waals surface area contributed by atoms with E-state index in [1.807, 2.05) is 48.9 Å². The molecule has 3 N–H and O–H groups in total. The molecule has 2 heterocycles. The summed E-state index contributed by atoms with van der Waals surface area (Å²) in [6, 6.07) is 9.95. The zero-order valence-corrected chi connectivity index (χ0v) is 14.9. The lowest BCUT2D eigenvalue weighted by Gasteiger charge is -2.08. The summed E-state index contributed by atoms with van der Waals surface area (Å²) in [6.07, 6.45) is -0.0309. The zero-order valence-electron chi connectivity index (χ0n) is 14.9. The van der Waals surface area contributed by atoms with Crippen LogP contribution in [0.1, 0.15) is 22.8 Å². The Morgan fingerprint density at radius 2 is 2.00 bits per heavy atom. The number of aliphatic hydroxyl groups excluding tert-OH is 1. The Hall–Kier alpha value is -3.00. The Morgan fingerprint density at radius 1 is 1.19 bits per heavy atom. The quantitative estimate of drug-likeness (QED) is 0.652. The molecule has 3 rings (SSSR count). The molecule has 3 aromatic rings. The molecule has 8 heteroatoms. The fourth-order valence-electron chi connectivity index (χ4n) is 2.90. The van der Waals surface area contributed by atoms with Crippen molar-refractivity contribution < 1.29 is 9.90 Å². The number of carbonyl (C=O) groups excluding carboxylic acids is 1. The molecule has 0 aliphatic carbocycles. The van der Waals surface area contributed by atoms with Crippen LogP contribution in [0.3, 0.4) is 0 Å². The molecule has 0 aliphatic rings. The minimum atomic E-state index is -0.490. The van der Waals surface area contributed by atoms with Crippen molar-refractivity contribution in [3.8, 4) is 11.4 Å². The molecular weight excluding hydrogens is 332 g/mol. The predicted molar refractivity (Wildman–Crippen MR) is 96.2 cm³/mol. The minimum absolute atomic E-state index is 0.0309. The Kier molecular flexibility index (Phi) is 5.13. The molecule has 0 atom stereocenters. The van der Waals surface area contributed by atoms with Gasteiger partial charge in [-0.05, 0) is 31.5 Å². The highest BCUT2D eigenvalue weighted by Crippen LogP contribution is 2.20.